The molecule has 88 valence electrons. The Morgan fingerprint density at radius 3 is 2.78 bits per heavy atom. The third-order valence-corrected chi connectivity index (χ3v) is 2.46. The van der Waals surface area contributed by atoms with E-state index in [1.807, 2.05) is 0 Å². The topological polar surface area (TPSA) is 93.3 Å². The first kappa shape index (κ1) is 10.3. The number of nitrogens with zero attached hydrogens (tertiary/aromatic N) is 5. The SMILES string of the molecule is O=C(O)c1cnn2c(-c3cnccn3)ccnc12. The zero-order valence-electron chi connectivity index (χ0n) is 9.06. The molecule has 0 saturated carbocycles. The average Bonchev–Trinajstić information content (AvgIpc) is 2.83. The summed E-state index contributed by atoms with van der Waals surface area (Å²) >= 11 is 0. The van der Waals surface area contributed by atoms with Crippen LogP contribution in [0.2, 0.25) is 0 Å². The summed E-state index contributed by atoms with van der Waals surface area (Å²) in [5.74, 6) is -1.06. The van der Waals surface area contributed by atoms with Crippen molar-refractivity contribution in [3.8, 4) is 11.4 Å². The van der Waals surface area contributed by atoms with Gasteiger partial charge in [0.2, 0.25) is 0 Å². The molecule has 0 aliphatic carbocycles. The van der Waals surface area contributed by atoms with Gasteiger partial charge in [-0.05, 0) is 6.07 Å². The molecule has 0 unspecified atom stereocenters. The molecule has 3 rings (SSSR count). The Hall–Kier alpha value is -2.83. The van der Waals surface area contributed by atoms with E-state index in [2.05, 4.69) is 20.1 Å². The maximum atomic E-state index is 11.0. The maximum Gasteiger partial charge on any atom is 0.341 e. The molecule has 3 aromatic rings. The van der Waals surface area contributed by atoms with E-state index >= 15 is 0 Å². The van der Waals surface area contributed by atoms with Crippen LogP contribution in [0, 0.1) is 0 Å². The average molecular weight is 241 g/mol. The third-order valence-electron chi connectivity index (χ3n) is 2.46. The van der Waals surface area contributed by atoms with Crippen molar-refractivity contribution >= 4 is 11.6 Å². The summed E-state index contributed by atoms with van der Waals surface area (Å²) in [5, 5.41) is 13.0. The monoisotopic (exact) mass is 241 g/mol. The molecule has 0 aromatic carbocycles. The number of rotatable bonds is 2. The van der Waals surface area contributed by atoms with Crippen LogP contribution in [0.1, 0.15) is 10.4 Å². The second-order valence-electron chi connectivity index (χ2n) is 3.52. The van der Waals surface area contributed by atoms with Crippen LogP contribution in [0.25, 0.3) is 17.0 Å². The van der Waals surface area contributed by atoms with Crippen LogP contribution in [-0.2, 0) is 0 Å². The number of carbonyl (C=O) groups is 1. The van der Waals surface area contributed by atoms with E-state index in [0.29, 0.717) is 11.4 Å². The van der Waals surface area contributed by atoms with Crippen molar-refractivity contribution in [3.05, 3.63) is 42.6 Å². The largest absolute Gasteiger partial charge is 0.477 e. The van der Waals surface area contributed by atoms with Gasteiger partial charge in [-0.3, -0.25) is 9.97 Å². The number of aromatic carboxylic acids is 1. The van der Waals surface area contributed by atoms with Crippen LogP contribution in [0.15, 0.2) is 37.1 Å². The summed E-state index contributed by atoms with van der Waals surface area (Å²) in [6, 6.07) is 1.70. The van der Waals surface area contributed by atoms with Gasteiger partial charge in [0, 0.05) is 18.6 Å². The van der Waals surface area contributed by atoms with Crippen LogP contribution in [0.5, 0.6) is 0 Å². The molecular formula is C11H7N5O2. The van der Waals surface area contributed by atoms with Gasteiger partial charge in [0.1, 0.15) is 11.3 Å². The number of carboxylic acid groups (broad SMARTS) is 1. The lowest BCUT2D eigenvalue weighted by molar-refractivity contribution is 0.0699. The molecule has 0 fully saturated rings. The highest BCUT2D eigenvalue weighted by Crippen LogP contribution is 2.17. The molecule has 3 aromatic heterocycles. The molecule has 3 heterocycles. The number of aromatic nitrogens is 5. The molecule has 1 N–H and O–H groups in total. The highest BCUT2D eigenvalue weighted by molar-refractivity contribution is 5.94. The van der Waals surface area contributed by atoms with Gasteiger partial charge in [0.25, 0.3) is 0 Å². The molecule has 18 heavy (non-hydrogen) atoms. The van der Waals surface area contributed by atoms with Crippen LogP contribution in [-0.4, -0.2) is 35.6 Å². The third kappa shape index (κ3) is 1.49. The zero-order chi connectivity index (χ0) is 12.5. The Morgan fingerprint density at radius 1 is 1.17 bits per heavy atom. The van der Waals surface area contributed by atoms with Gasteiger partial charge in [0.15, 0.2) is 5.65 Å². The van der Waals surface area contributed by atoms with Gasteiger partial charge in [-0.2, -0.15) is 5.10 Å². The number of hydrogen-bond acceptors (Lipinski definition) is 5. The van der Waals surface area contributed by atoms with Crippen molar-refractivity contribution in [2.75, 3.05) is 0 Å². The molecular weight excluding hydrogens is 234 g/mol. The summed E-state index contributed by atoms with van der Waals surface area (Å²) in [7, 11) is 0. The van der Waals surface area contributed by atoms with E-state index in [9.17, 15) is 4.79 Å². The fraction of sp³-hybridized carbons (Fsp3) is 0. The Morgan fingerprint density at radius 2 is 2.06 bits per heavy atom. The second kappa shape index (κ2) is 3.88. The van der Waals surface area contributed by atoms with E-state index < -0.39 is 5.97 Å². The van der Waals surface area contributed by atoms with E-state index in [1.165, 1.54) is 16.9 Å². The number of fused-ring (bicyclic) bond motifs is 1. The van der Waals surface area contributed by atoms with Crippen molar-refractivity contribution < 1.29 is 9.90 Å². The smallest absolute Gasteiger partial charge is 0.341 e. The summed E-state index contributed by atoms with van der Waals surface area (Å²) in [4.78, 5) is 23.1. The highest BCUT2D eigenvalue weighted by Gasteiger charge is 2.15. The van der Waals surface area contributed by atoms with Crippen LogP contribution in [0.3, 0.4) is 0 Å². The van der Waals surface area contributed by atoms with Gasteiger partial charge in [-0.1, -0.05) is 0 Å². The first-order valence-electron chi connectivity index (χ1n) is 5.10. The first-order chi connectivity index (χ1) is 8.77. The summed E-state index contributed by atoms with van der Waals surface area (Å²) in [6.07, 6.45) is 7.49. The molecule has 0 aliphatic rings. The fourth-order valence-corrected chi connectivity index (χ4v) is 1.67. The van der Waals surface area contributed by atoms with Crippen LogP contribution in [0.4, 0.5) is 0 Å². The molecule has 0 radical (unpaired) electrons. The van der Waals surface area contributed by atoms with Gasteiger partial charge in [0.05, 0.1) is 18.1 Å². The molecule has 0 atom stereocenters. The van der Waals surface area contributed by atoms with Crippen molar-refractivity contribution in [2.24, 2.45) is 0 Å². The minimum Gasteiger partial charge on any atom is -0.477 e. The van der Waals surface area contributed by atoms with Gasteiger partial charge in [-0.15, -0.1) is 0 Å². The summed E-state index contributed by atoms with van der Waals surface area (Å²) < 4.78 is 1.44. The quantitative estimate of drug-likeness (QED) is 0.716. The van der Waals surface area contributed by atoms with Crippen LogP contribution >= 0.6 is 0 Å². The minimum atomic E-state index is -1.06. The molecule has 7 nitrogen and oxygen atoms in total. The predicted molar refractivity (Wildman–Crippen MR) is 61.0 cm³/mol. The first-order valence-corrected chi connectivity index (χ1v) is 5.10. The van der Waals surface area contributed by atoms with Gasteiger partial charge < -0.3 is 5.11 Å². The number of carboxylic acids is 1. The fourth-order valence-electron chi connectivity index (χ4n) is 1.67. The highest BCUT2D eigenvalue weighted by atomic mass is 16.4. The Labute approximate surface area is 101 Å². The van der Waals surface area contributed by atoms with E-state index in [1.54, 1.807) is 24.7 Å². The zero-order valence-corrected chi connectivity index (χ0v) is 9.06. The molecule has 0 aliphatic heterocycles. The molecule has 7 heteroatoms. The van der Waals surface area contributed by atoms with Gasteiger partial charge in [-0.25, -0.2) is 14.3 Å². The lowest BCUT2D eigenvalue weighted by atomic mass is 10.3. The van der Waals surface area contributed by atoms with Crippen molar-refractivity contribution in [1.29, 1.82) is 0 Å². The van der Waals surface area contributed by atoms with Crippen molar-refractivity contribution in [2.45, 2.75) is 0 Å². The standard InChI is InChI=1S/C11H7N5O2/c17-11(18)7-5-15-16-9(1-2-14-10(7)16)8-6-12-3-4-13-8/h1-6H,(H,17,18). The Bertz CT molecular complexity index is 723. The normalized spacial score (nSPS) is 10.7. The molecule has 0 amide bonds. The Kier molecular flexibility index (Phi) is 2.23. The summed E-state index contributed by atoms with van der Waals surface area (Å²) in [6.45, 7) is 0. The Balaban J connectivity index is 2.29. The van der Waals surface area contributed by atoms with Crippen molar-refractivity contribution in [3.63, 3.8) is 0 Å². The maximum absolute atomic E-state index is 11.0. The number of hydrogen-bond donors (Lipinski definition) is 1. The predicted octanol–water partition coefficient (Wildman–Crippen LogP) is 0.884. The van der Waals surface area contributed by atoms with E-state index in [-0.39, 0.29) is 11.2 Å². The lowest BCUT2D eigenvalue weighted by Gasteiger charge is -2.02. The molecule has 0 spiro atoms. The molecule has 0 bridgehead atoms. The van der Waals surface area contributed by atoms with Crippen molar-refractivity contribution in [1.82, 2.24) is 24.6 Å². The second-order valence-corrected chi connectivity index (χ2v) is 3.52. The van der Waals surface area contributed by atoms with E-state index in [4.69, 9.17) is 5.11 Å². The minimum absolute atomic E-state index is 0.0562. The van der Waals surface area contributed by atoms with Crippen LogP contribution < -0.4 is 0 Å². The lowest BCUT2D eigenvalue weighted by Crippen LogP contribution is -2.00. The van der Waals surface area contributed by atoms with E-state index in [0.717, 1.165) is 0 Å². The molecule has 0 saturated heterocycles. The summed E-state index contributed by atoms with van der Waals surface area (Å²) in [5.41, 5.74) is 1.58. The van der Waals surface area contributed by atoms with Gasteiger partial charge >= 0.3 is 5.97 Å².